The van der Waals surface area contributed by atoms with Gasteiger partial charge >= 0.3 is 0 Å². The van der Waals surface area contributed by atoms with E-state index >= 15 is 0 Å². The van der Waals surface area contributed by atoms with E-state index in [-0.39, 0.29) is 0 Å². The van der Waals surface area contributed by atoms with E-state index in [0.29, 0.717) is 17.5 Å². The fraction of sp³-hybridized carbons (Fsp3) is 0.455. The molecule has 78 valence electrons. The van der Waals surface area contributed by atoms with Crippen molar-refractivity contribution in [2.45, 2.75) is 20.3 Å². The van der Waals surface area contributed by atoms with E-state index in [1.807, 2.05) is 18.2 Å². The van der Waals surface area contributed by atoms with Crippen molar-refractivity contribution in [2.24, 2.45) is 5.92 Å². The molecule has 0 amide bonds. The van der Waals surface area contributed by atoms with Gasteiger partial charge in [0.15, 0.2) is 0 Å². The highest BCUT2D eigenvalue weighted by molar-refractivity contribution is 9.10. The predicted octanol–water partition coefficient (Wildman–Crippen LogP) is 4.53. The fourth-order valence-electron chi connectivity index (χ4n) is 0.992. The Hall–Kier alpha value is -0.210. The predicted molar refractivity (Wildman–Crippen MR) is 64.1 cm³/mol. The van der Waals surface area contributed by atoms with Crippen LogP contribution in [0.3, 0.4) is 0 Å². The van der Waals surface area contributed by atoms with Crippen LogP contribution in [-0.4, -0.2) is 6.61 Å². The van der Waals surface area contributed by atoms with Crippen LogP contribution in [0.15, 0.2) is 22.7 Å². The molecule has 0 bridgehead atoms. The summed E-state index contributed by atoms with van der Waals surface area (Å²) in [6.45, 7) is 5.06. The zero-order valence-corrected chi connectivity index (χ0v) is 10.7. The maximum Gasteiger partial charge on any atom is 0.139 e. The zero-order chi connectivity index (χ0) is 10.6. The molecule has 0 aromatic heterocycles. The van der Waals surface area contributed by atoms with Gasteiger partial charge in [0.25, 0.3) is 0 Å². The lowest BCUT2D eigenvalue weighted by Gasteiger charge is -2.09. The van der Waals surface area contributed by atoms with Gasteiger partial charge < -0.3 is 4.74 Å². The Morgan fingerprint density at radius 1 is 1.43 bits per heavy atom. The summed E-state index contributed by atoms with van der Waals surface area (Å²) >= 11 is 9.34. The van der Waals surface area contributed by atoms with Crippen LogP contribution in [0.25, 0.3) is 0 Å². The second kappa shape index (κ2) is 5.62. The van der Waals surface area contributed by atoms with Crippen LogP contribution in [0.5, 0.6) is 5.75 Å². The minimum absolute atomic E-state index is 0.654. The lowest BCUT2D eigenvalue weighted by atomic mass is 10.1. The first-order valence-corrected chi connectivity index (χ1v) is 5.84. The van der Waals surface area contributed by atoms with Gasteiger partial charge in [-0.3, -0.25) is 0 Å². The lowest BCUT2D eigenvalue weighted by molar-refractivity contribution is 0.289. The van der Waals surface area contributed by atoms with Gasteiger partial charge in [-0.2, -0.15) is 0 Å². The van der Waals surface area contributed by atoms with Gasteiger partial charge in [-0.15, -0.1) is 0 Å². The molecule has 0 aliphatic rings. The van der Waals surface area contributed by atoms with Crippen molar-refractivity contribution in [1.29, 1.82) is 0 Å². The first-order chi connectivity index (χ1) is 6.59. The summed E-state index contributed by atoms with van der Waals surface area (Å²) < 4.78 is 6.55. The number of hydrogen-bond acceptors (Lipinski definition) is 1. The molecule has 0 unspecified atom stereocenters. The Kier molecular flexibility index (Phi) is 4.76. The van der Waals surface area contributed by atoms with Crippen LogP contribution in [0.2, 0.25) is 5.02 Å². The second-order valence-electron chi connectivity index (χ2n) is 3.61. The van der Waals surface area contributed by atoms with Gasteiger partial charge in [-0.25, -0.2) is 0 Å². The van der Waals surface area contributed by atoms with Crippen molar-refractivity contribution >= 4 is 27.5 Å². The molecule has 0 aliphatic carbocycles. The molecule has 3 heteroatoms. The molecule has 0 spiro atoms. The van der Waals surface area contributed by atoms with E-state index in [9.17, 15) is 0 Å². The van der Waals surface area contributed by atoms with E-state index in [0.717, 1.165) is 16.6 Å². The van der Waals surface area contributed by atoms with Crippen molar-refractivity contribution < 1.29 is 4.74 Å². The number of ether oxygens (including phenoxy) is 1. The largest absolute Gasteiger partial charge is 0.492 e. The topological polar surface area (TPSA) is 9.23 Å². The maximum absolute atomic E-state index is 5.97. The zero-order valence-electron chi connectivity index (χ0n) is 8.39. The summed E-state index contributed by atoms with van der Waals surface area (Å²) in [7, 11) is 0. The molecule has 14 heavy (non-hydrogen) atoms. The molecule has 0 heterocycles. The number of hydrogen-bond donors (Lipinski definition) is 0. The van der Waals surface area contributed by atoms with Crippen LogP contribution >= 0.6 is 27.5 Å². The Balaban J connectivity index is 2.53. The normalized spacial score (nSPS) is 10.6. The lowest BCUT2D eigenvalue weighted by Crippen LogP contribution is -2.01. The van der Waals surface area contributed by atoms with Crippen molar-refractivity contribution in [3.63, 3.8) is 0 Å². The van der Waals surface area contributed by atoms with E-state index in [2.05, 4.69) is 29.8 Å². The molecule has 1 aromatic rings. The molecule has 1 rings (SSSR count). The van der Waals surface area contributed by atoms with Crippen LogP contribution in [0.4, 0.5) is 0 Å². The van der Waals surface area contributed by atoms with Gasteiger partial charge in [0, 0.05) is 4.47 Å². The quantitative estimate of drug-likeness (QED) is 0.786. The minimum Gasteiger partial charge on any atom is -0.492 e. The third kappa shape index (κ3) is 3.89. The van der Waals surface area contributed by atoms with E-state index in [1.165, 1.54) is 0 Å². The molecule has 0 atom stereocenters. The highest BCUT2D eigenvalue weighted by Gasteiger charge is 2.02. The van der Waals surface area contributed by atoms with Crippen LogP contribution in [-0.2, 0) is 0 Å². The molecule has 0 aliphatic heterocycles. The van der Waals surface area contributed by atoms with Gasteiger partial charge in [-0.05, 0) is 30.5 Å². The smallest absolute Gasteiger partial charge is 0.139 e. The van der Waals surface area contributed by atoms with E-state index < -0.39 is 0 Å². The average Bonchev–Trinajstić information content (AvgIpc) is 2.10. The van der Waals surface area contributed by atoms with Crippen molar-refractivity contribution in [1.82, 2.24) is 0 Å². The van der Waals surface area contributed by atoms with Gasteiger partial charge in [0.1, 0.15) is 5.75 Å². The van der Waals surface area contributed by atoms with Gasteiger partial charge in [-0.1, -0.05) is 41.4 Å². The molecule has 1 nitrogen and oxygen atoms in total. The monoisotopic (exact) mass is 276 g/mol. The SMILES string of the molecule is CC(C)CCOc1cc(Br)ccc1Cl. The Morgan fingerprint density at radius 3 is 2.79 bits per heavy atom. The highest BCUT2D eigenvalue weighted by Crippen LogP contribution is 2.28. The summed E-state index contributed by atoms with van der Waals surface area (Å²) in [5.41, 5.74) is 0. The molecule has 0 fully saturated rings. The Bertz CT molecular complexity index is 299. The van der Waals surface area contributed by atoms with Crippen LogP contribution in [0, 0.1) is 5.92 Å². The van der Waals surface area contributed by atoms with Gasteiger partial charge in [0.2, 0.25) is 0 Å². The minimum atomic E-state index is 0.654. The average molecular weight is 278 g/mol. The first-order valence-electron chi connectivity index (χ1n) is 4.67. The summed E-state index contributed by atoms with van der Waals surface area (Å²) in [5.74, 6) is 1.41. The third-order valence-electron chi connectivity index (χ3n) is 1.85. The van der Waals surface area contributed by atoms with E-state index in [4.69, 9.17) is 16.3 Å². The van der Waals surface area contributed by atoms with E-state index in [1.54, 1.807) is 0 Å². The standard InChI is InChI=1S/C11H14BrClO/c1-8(2)5-6-14-11-7-9(12)3-4-10(11)13/h3-4,7-8H,5-6H2,1-2H3. The molecule has 0 saturated carbocycles. The van der Waals surface area contributed by atoms with Crippen molar-refractivity contribution in [3.8, 4) is 5.75 Å². The second-order valence-corrected chi connectivity index (χ2v) is 4.93. The molecular formula is C11H14BrClO. The molecule has 0 radical (unpaired) electrons. The summed E-state index contributed by atoms with van der Waals surface area (Å²) in [5, 5.41) is 0.664. The van der Waals surface area contributed by atoms with Crippen LogP contribution in [0.1, 0.15) is 20.3 Å². The summed E-state index contributed by atoms with van der Waals surface area (Å²) in [6.07, 6.45) is 1.04. The summed E-state index contributed by atoms with van der Waals surface area (Å²) in [4.78, 5) is 0. The molecular weight excluding hydrogens is 263 g/mol. The Labute approximate surface area is 98.5 Å². The Morgan fingerprint density at radius 2 is 2.14 bits per heavy atom. The summed E-state index contributed by atoms with van der Waals surface area (Å²) in [6, 6.07) is 5.62. The molecule has 0 saturated heterocycles. The van der Waals surface area contributed by atoms with Crippen molar-refractivity contribution in [2.75, 3.05) is 6.61 Å². The third-order valence-corrected chi connectivity index (χ3v) is 2.65. The molecule has 0 N–H and O–H groups in total. The number of benzene rings is 1. The van der Waals surface area contributed by atoms with Gasteiger partial charge in [0.05, 0.1) is 11.6 Å². The first kappa shape index (κ1) is 11.9. The van der Waals surface area contributed by atoms with Crippen LogP contribution < -0.4 is 4.74 Å². The molecule has 1 aromatic carbocycles. The fourth-order valence-corrected chi connectivity index (χ4v) is 1.50. The highest BCUT2D eigenvalue weighted by atomic mass is 79.9. The number of halogens is 2. The maximum atomic E-state index is 5.97. The number of rotatable bonds is 4. The van der Waals surface area contributed by atoms with Crippen molar-refractivity contribution in [3.05, 3.63) is 27.7 Å².